The largest absolute Gasteiger partial charge is 0.396 e. The molecule has 0 amide bonds. The molecule has 1 rings (SSSR count). The number of hydrogen-bond donors (Lipinski definition) is 2. The minimum absolute atomic E-state index is 0.334. The maximum Gasteiger partial charge on any atom is 0.0431 e. The molecule has 0 radical (unpaired) electrons. The molecule has 1 fully saturated rings. The highest BCUT2D eigenvalue weighted by atomic mass is 32.2. The Labute approximate surface area is 72.8 Å². The molecule has 0 aromatic rings. The lowest BCUT2D eigenvalue weighted by Gasteiger charge is -2.09. The van der Waals surface area contributed by atoms with Crippen molar-refractivity contribution in [3.8, 4) is 0 Å². The Morgan fingerprint density at radius 2 is 2.36 bits per heavy atom. The van der Waals surface area contributed by atoms with E-state index >= 15 is 0 Å². The van der Waals surface area contributed by atoms with E-state index < -0.39 is 0 Å². The van der Waals surface area contributed by atoms with Gasteiger partial charge in [0.2, 0.25) is 0 Å². The van der Waals surface area contributed by atoms with Crippen molar-refractivity contribution in [2.45, 2.75) is 25.3 Å². The van der Waals surface area contributed by atoms with Crippen LogP contribution in [0.4, 0.5) is 0 Å². The molecule has 0 spiro atoms. The van der Waals surface area contributed by atoms with Crippen LogP contribution in [0.3, 0.4) is 0 Å². The van der Waals surface area contributed by atoms with E-state index in [2.05, 4.69) is 5.32 Å². The highest BCUT2D eigenvalue weighted by Crippen LogP contribution is 2.16. The second kappa shape index (κ2) is 5.86. The highest BCUT2D eigenvalue weighted by Gasteiger charge is 2.13. The Morgan fingerprint density at radius 1 is 1.45 bits per heavy atom. The van der Waals surface area contributed by atoms with Gasteiger partial charge in [-0.3, -0.25) is 0 Å². The van der Waals surface area contributed by atoms with E-state index in [4.69, 9.17) is 5.11 Å². The fraction of sp³-hybridized carbons (Fsp3) is 1.00. The predicted molar refractivity (Wildman–Crippen MR) is 50.1 cm³/mol. The van der Waals surface area contributed by atoms with Crippen molar-refractivity contribution in [3.05, 3.63) is 0 Å². The molecule has 1 heterocycles. The van der Waals surface area contributed by atoms with Gasteiger partial charge in [0.25, 0.3) is 0 Å². The van der Waals surface area contributed by atoms with Crippen molar-refractivity contribution in [1.82, 2.24) is 5.32 Å². The summed E-state index contributed by atoms with van der Waals surface area (Å²) in [6, 6.07) is 0.749. The molecule has 2 N–H and O–H groups in total. The molecule has 0 aliphatic carbocycles. The first-order valence-corrected chi connectivity index (χ1v) is 5.51. The van der Waals surface area contributed by atoms with Crippen LogP contribution in [0.25, 0.3) is 0 Å². The molecule has 2 nitrogen and oxygen atoms in total. The monoisotopic (exact) mass is 175 g/mol. The first-order chi connectivity index (χ1) is 5.43. The molecular weight excluding hydrogens is 158 g/mol. The molecular formula is C8H17NOS. The average molecular weight is 175 g/mol. The second-order valence-corrected chi connectivity index (χ2v) is 4.10. The van der Waals surface area contributed by atoms with Crippen LogP contribution in [0.1, 0.15) is 19.3 Å². The molecule has 0 bridgehead atoms. The summed E-state index contributed by atoms with van der Waals surface area (Å²) in [5.41, 5.74) is 0. The third-order valence-corrected chi connectivity index (χ3v) is 3.11. The smallest absolute Gasteiger partial charge is 0.0431 e. The first-order valence-electron chi connectivity index (χ1n) is 4.35. The normalized spacial score (nSPS) is 24.3. The Kier molecular flexibility index (Phi) is 4.99. The fourth-order valence-electron chi connectivity index (χ4n) is 1.24. The molecule has 1 unspecified atom stereocenters. The fourth-order valence-corrected chi connectivity index (χ4v) is 2.43. The molecule has 1 aliphatic rings. The van der Waals surface area contributed by atoms with Crippen LogP contribution in [-0.4, -0.2) is 35.8 Å². The lowest BCUT2D eigenvalue weighted by Crippen LogP contribution is -2.29. The van der Waals surface area contributed by atoms with Gasteiger partial charge in [0, 0.05) is 18.4 Å². The van der Waals surface area contributed by atoms with Crippen molar-refractivity contribution in [1.29, 1.82) is 0 Å². The van der Waals surface area contributed by atoms with Crippen molar-refractivity contribution < 1.29 is 5.11 Å². The van der Waals surface area contributed by atoms with Gasteiger partial charge in [-0.05, 0) is 31.6 Å². The summed E-state index contributed by atoms with van der Waals surface area (Å²) >= 11 is 2.03. The molecule has 1 saturated heterocycles. The number of thioether (sulfide) groups is 1. The van der Waals surface area contributed by atoms with E-state index in [0.717, 1.165) is 25.4 Å². The number of unbranched alkanes of at least 4 members (excludes halogenated alkanes) is 1. The van der Waals surface area contributed by atoms with Crippen molar-refractivity contribution in [2.24, 2.45) is 0 Å². The van der Waals surface area contributed by atoms with E-state index in [9.17, 15) is 0 Å². The summed E-state index contributed by atoms with van der Waals surface area (Å²) in [7, 11) is 0. The SMILES string of the molecule is OCCCCNC1CCSC1. The first kappa shape index (κ1) is 9.36. The van der Waals surface area contributed by atoms with E-state index in [-0.39, 0.29) is 0 Å². The van der Waals surface area contributed by atoms with Crippen LogP contribution < -0.4 is 5.32 Å². The van der Waals surface area contributed by atoms with Gasteiger partial charge in [-0.25, -0.2) is 0 Å². The standard InChI is InChI=1S/C8H17NOS/c10-5-2-1-4-9-8-3-6-11-7-8/h8-10H,1-7H2. The van der Waals surface area contributed by atoms with Crippen LogP contribution in [0.2, 0.25) is 0 Å². The molecule has 0 aromatic heterocycles. The Morgan fingerprint density at radius 3 is 3.00 bits per heavy atom. The van der Waals surface area contributed by atoms with Crippen LogP contribution >= 0.6 is 11.8 Å². The topological polar surface area (TPSA) is 32.3 Å². The molecule has 66 valence electrons. The van der Waals surface area contributed by atoms with Crippen LogP contribution in [0, 0.1) is 0 Å². The summed E-state index contributed by atoms with van der Waals surface area (Å²) in [6.45, 7) is 1.41. The minimum Gasteiger partial charge on any atom is -0.396 e. The van der Waals surface area contributed by atoms with Gasteiger partial charge >= 0.3 is 0 Å². The molecule has 0 saturated carbocycles. The van der Waals surface area contributed by atoms with Gasteiger partial charge in [0.15, 0.2) is 0 Å². The van der Waals surface area contributed by atoms with Crippen molar-refractivity contribution in [3.63, 3.8) is 0 Å². The Hall–Kier alpha value is 0.270. The molecule has 3 heteroatoms. The predicted octanol–water partition coefficient (Wildman–Crippen LogP) is 0.854. The van der Waals surface area contributed by atoms with Gasteiger partial charge in [-0.1, -0.05) is 0 Å². The highest BCUT2D eigenvalue weighted by molar-refractivity contribution is 7.99. The summed E-state index contributed by atoms with van der Waals surface area (Å²) in [5, 5.41) is 12.0. The molecule has 1 atom stereocenters. The third kappa shape index (κ3) is 3.99. The van der Waals surface area contributed by atoms with Gasteiger partial charge in [-0.15, -0.1) is 0 Å². The van der Waals surface area contributed by atoms with Gasteiger partial charge in [0.1, 0.15) is 0 Å². The third-order valence-electron chi connectivity index (χ3n) is 1.95. The van der Waals surface area contributed by atoms with Crippen LogP contribution in [-0.2, 0) is 0 Å². The molecule has 1 aliphatic heterocycles. The van der Waals surface area contributed by atoms with Crippen LogP contribution in [0.15, 0.2) is 0 Å². The van der Waals surface area contributed by atoms with E-state index in [1.165, 1.54) is 17.9 Å². The Balaban J connectivity index is 1.86. The number of aliphatic hydroxyl groups excluding tert-OH is 1. The lowest BCUT2D eigenvalue weighted by molar-refractivity contribution is 0.283. The minimum atomic E-state index is 0.334. The second-order valence-electron chi connectivity index (χ2n) is 2.95. The maximum absolute atomic E-state index is 8.53. The number of hydrogen-bond acceptors (Lipinski definition) is 3. The van der Waals surface area contributed by atoms with E-state index in [0.29, 0.717) is 6.61 Å². The van der Waals surface area contributed by atoms with Crippen molar-refractivity contribution in [2.75, 3.05) is 24.7 Å². The summed E-state index contributed by atoms with van der Waals surface area (Å²) in [4.78, 5) is 0. The van der Waals surface area contributed by atoms with Gasteiger partial charge < -0.3 is 10.4 Å². The Bertz CT molecular complexity index is 94.1. The lowest BCUT2D eigenvalue weighted by atomic mass is 10.2. The molecule has 11 heavy (non-hydrogen) atoms. The van der Waals surface area contributed by atoms with Gasteiger partial charge in [-0.2, -0.15) is 11.8 Å². The zero-order valence-corrected chi connectivity index (χ0v) is 7.70. The maximum atomic E-state index is 8.53. The number of nitrogens with one attached hydrogen (secondary N) is 1. The van der Waals surface area contributed by atoms with E-state index in [1.54, 1.807) is 0 Å². The number of rotatable bonds is 5. The zero-order valence-electron chi connectivity index (χ0n) is 6.88. The summed E-state index contributed by atoms with van der Waals surface area (Å²) < 4.78 is 0. The van der Waals surface area contributed by atoms with E-state index in [1.807, 2.05) is 11.8 Å². The van der Waals surface area contributed by atoms with Crippen LogP contribution in [0.5, 0.6) is 0 Å². The summed E-state index contributed by atoms with van der Waals surface area (Å²) in [6.07, 6.45) is 3.37. The van der Waals surface area contributed by atoms with Crippen molar-refractivity contribution >= 4 is 11.8 Å². The average Bonchev–Trinajstić information content (AvgIpc) is 2.50. The molecule has 0 aromatic carbocycles. The number of aliphatic hydroxyl groups is 1. The quantitative estimate of drug-likeness (QED) is 0.608. The zero-order chi connectivity index (χ0) is 7.94. The summed E-state index contributed by atoms with van der Waals surface area (Å²) in [5.74, 6) is 2.59. The van der Waals surface area contributed by atoms with Gasteiger partial charge in [0.05, 0.1) is 0 Å².